The highest BCUT2D eigenvalue weighted by Gasteiger charge is 2.19. The van der Waals surface area contributed by atoms with E-state index in [1.54, 1.807) is 0 Å². The van der Waals surface area contributed by atoms with Crippen molar-refractivity contribution in [2.45, 2.75) is 290 Å². The lowest BCUT2D eigenvalue weighted by Gasteiger charge is -2.18. The highest BCUT2D eigenvalue weighted by molar-refractivity contribution is 5.71. The van der Waals surface area contributed by atoms with Crippen LogP contribution in [0.1, 0.15) is 284 Å². The van der Waals surface area contributed by atoms with Gasteiger partial charge in [0.15, 0.2) is 6.10 Å². The maximum atomic E-state index is 12.7. The Bertz CT molecular complexity index is 828. The molecule has 0 unspecified atom stereocenters. The van der Waals surface area contributed by atoms with Gasteiger partial charge in [0.05, 0.1) is 0 Å². The molecular weight excluding hydrogens is 697 g/mol. The largest absolute Gasteiger partial charge is 0.462 e. The van der Waals surface area contributed by atoms with Crippen LogP contribution in [0.15, 0.2) is 0 Å². The molecule has 6 heteroatoms. The molecule has 0 bridgehead atoms. The van der Waals surface area contributed by atoms with E-state index in [0.717, 1.165) is 57.8 Å². The zero-order valence-electron chi connectivity index (χ0n) is 37.9. The van der Waals surface area contributed by atoms with Gasteiger partial charge in [-0.05, 0) is 19.3 Å². The van der Waals surface area contributed by atoms with E-state index >= 15 is 0 Å². The molecule has 0 saturated heterocycles. The number of carbonyl (C=O) groups excluding carboxylic acids is 3. The summed E-state index contributed by atoms with van der Waals surface area (Å²) < 4.78 is 16.7. The minimum atomic E-state index is -0.758. The Morgan fingerprint density at radius 3 is 0.714 bits per heavy atom. The van der Waals surface area contributed by atoms with Gasteiger partial charge >= 0.3 is 17.9 Å². The van der Waals surface area contributed by atoms with E-state index in [0.29, 0.717) is 19.3 Å². The summed E-state index contributed by atoms with van der Waals surface area (Å²) in [4.78, 5) is 37.7. The summed E-state index contributed by atoms with van der Waals surface area (Å²) in [7, 11) is 0. The molecule has 0 saturated carbocycles. The summed E-state index contributed by atoms with van der Waals surface area (Å²) in [6, 6.07) is 0. The quantitative estimate of drug-likeness (QED) is 0.0347. The predicted octanol–water partition coefficient (Wildman–Crippen LogP) is 16.0. The molecule has 1 atom stereocenters. The molecule has 0 radical (unpaired) electrons. The third-order valence-electron chi connectivity index (χ3n) is 11.4. The van der Waals surface area contributed by atoms with Crippen LogP contribution in [0.5, 0.6) is 0 Å². The number of ether oxygens (including phenoxy) is 3. The summed E-state index contributed by atoms with van der Waals surface area (Å²) in [5.74, 6) is -0.851. The molecular formula is C50H96O6. The van der Waals surface area contributed by atoms with Gasteiger partial charge in [-0.15, -0.1) is 0 Å². The SMILES string of the molecule is CCCCCCCCCCCCCCCCCCCCC(=O)OC[C@@H](COC(=O)CCCCCCCCC)OC(=O)CCCCCCCCCCCCCCC. The van der Waals surface area contributed by atoms with Gasteiger partial charge in [-0.25, -0.2) is 0 Å². The molecule has 0 N–H and O–H groups in total. The number of carbonyl (C=O) groups is 3. The number of hydrogen-bond acceptors (Lipinski definition) is 6. The average Bonchev–Trinajstić information content (AvgIpc) is 3.19. The topological polar surface area (TPSA) is 78.9 Å². The van der Waals surface area contributed by atoms with Crippen molar-refractivity contribution in [3.05, 3.63) is 0 Å². The summed E-state index contributed by atoms with van der Waals surface area (Å²) in [6.07, 6.45) is 48.1. The normalized spacial score (nSPS) is 11.8. The van der Waals surface area contributed by atoms with Crippen LogP contribution >= 0.6 is 0 Å². The highest BCUT2D eigenvalue weighted by atomic mass is 16.6. The van der Waals surface area contributed by atoms with Crippen LogP contribution in [0.2, 0.25) is 0 Å². The average molecular weight is 793 g/mol. The van der Waals surface area contributed by atoms with Crippen LogP contribution < -0.4 is 0 Å². The van der Waals surface area contributed by atoms with Gasteiger partial charge < -0.3 is 14.2 Å². The van der Waals surface area contributed by atoms with Crippen LogP contribution in [0.4, 0.5) is 0 Å². The number of esters is 3. The van der Waals surface area contributed by atoms with Crippen LogP contribution in [-0.4, -0.2) is 37.2 Å². The van der Waals surface area contributed by atoms with Crippen molar-refractivity contribution >= 4 is 17.9 Å². The molecule has 0 heterocycles. The lowest BCUT2D eigenvalue weighted by Crippen LogP contribution is -2.30. The highest BCUT2D eigenvalue weighted by Crippen LogP contribution is 2.16. The zero-order chi connectivity index (χ0) is 40.8. The van der Waals surface area contributed by atoms with Gasteiger partial charge in [-0.2, -0.15) is 0 Å². The Balaban J connectivity index is 4.18. The molecule has 332 valence electrons. The van der Waals surface area contributed by atoms with Gasteiger partial charge in [-0.3, -0.25) is 14.4 Å². The minimum absolute atomic E-state index is 0.0626. The molecule has 0 aliphatic heterocycles. The maximum Gasteiger partial charge on any atom is 0.306 e. The molecule has 6 nitrogen and oxygen atoms in total. The van der Waals surface area contributed by atoms with Crippen LogP contribution in [0.25, 0.3) is 0 Å². The van der Waals surface area contributed by atoms with Gasteiger partial charge in [0.1, 0.15) is 13.2 Å². The first-order valence-electron chi connectivity index (χ1n) is 25.0. The predicted molar refractivity (Wildman–Crippen MR) is 238 cm³/mol. The second-order valence-corrected chi connectivity index (χ2v) is 17.1. The van der Waals surface area contributed by atoms with Crippen molar-refractivity contribution in [1.82, 2.24) is 0 Å². The zero-order valence-corrected chi connectivity index (χ0v) is 37.9. The van der Waals surface area contributed by atoms with Crippen LogP contribution in [0, 0.1) is 0 Å². The van der Waals surface area contributed by atoms with Crippen molar-refractivity contribution in [3.8, 4) is 0 Å². The Labute approximate surface area is 348 Å². The van der Waals surface area contributed by atoms with Crippen molar-refractivity contribution in [1.29, 1.82) is 0 Å². The van der Waals surface area contributed by atoms with Crippen molar-refractivity contribution in [2.75, 3.05) is 13.2 Å². The van der Waals surface area contributed by atoms with E-state index in [1.807, 2.05) is 0 Å². The Hall–Kier alpha value is -1.59. The monoisotopic (exact) mass is 793 g/mol. The Morgan fingerprint density at radius 1 is 0.286 bits per heavy atom. The first-order chi connectivity index (χ1) is 27.5. The first kappa shape index (κ1) is 54.4. The van der Waals surface area contributed by atoms with Crippen molar-refractivity contribution in [3.63, 3.8) is 0 Å². The first-order valence-corrected chi connectivity index (χ1v) is 25.0. The van der Waals surface area contributed by atoms with Gasteiger partial charge in [0.25, 0.3) is 0 Å². The van der Waals surface area contributed by atoms with E-state index in [4.69, 9.17) is 14.2 Å². The van der Waals surface area contributed by atoms with E-state index in [9.17, 15) is 14.4 Å². The van der Waals surface area contributed by atoms with Gasteiger partial charge in [0, 0.05) is 19.3 Å². The standard InChI is InChI=1S/C50H96O6/c1-4-7-10-13-16-18-20-22-23-24-25-26-28-29-31-34-37-40-43-49(52)55-46-47(45-54-48(51)42-39-36-33-15-12-9-6-3)56-50(53)44-41-38-35-32-30-27-21-19-17-14-11-8-5-2/h47H,4-46H2,1-3H3/t47-/m1/s1. The van der Waals surface area contributed by atoms with E-state index < -0.39 is 6.10 Å². The van der Waals surface area contributed by atoms with E-state index in [2.05, 4.69) is 20.8 Å². The van der Waals surface area contributed by atoms with Crippen molar-refractivity contribution in [2.24, 2.45) is 0 Å². The maximum absolute atomic E-state index is 12.7. The molecule has 56 heavy (non-hydrogen) atoms. The molecule has 0 amide bonds. The minimum Gasteiger partial charge on any atom is -0.462 e. The third kappa shape index (κ3) is 43.5. The molecule has 0 spiro atoms. The molecule has 0 aliphatic rings. The van der Waals surface area contributed by atoms with E-state index in [-0.39, 0.29) is 31.1 Å². The molecule has 0 aromatic carbocycles. The number of rotatable bonds is 46. The molecule has 0 fully saturated rings. The number of unbranched alkanes of at least 4 members (excludes halogenated alkanes) is 35. The van der Waals surface area contributed by atoms with Crippen molar-refractivity contribution < 1.29 is 28.6 Å². The van der Waals surface area contributed by atoms with Crippen LogP contribution in [0.3, 0.4) is 0 Å². The van der Waals surface area contributed by atoms with E-state index in [1.165, 1.54) is 186 Å². The molecule has 0 aliphatic carbocycles. The lowest BCUT2D eigenvalue weighted by atomic mass is 10.0. The Morgan fingerprint density at radius 2 is 0.482 bits per heavy atom. The lowest BCUT2D eigenvalue weighted by molar-refractivity contribution is -0.167. The fraction of sp³-hybridized carbons (Fsp3) is 0.940. The second-order valence-electron chi connectivity index (χ2n) is 17.1. The number of hydrogen-bond donors (Lipinski definition) is 0. The fourth-order valence-electron chi connectivity index (χ4n) is 7.56. The summed E-state index contributed by atoms with van der Waals surface area (Å²) in [5.41, 5.74) is 0. The smallest absolute Gasteiger partial charge is 0.306 e. The molecule has 0 aromatic heterocycles. The molecule has 0 aromatic rings. The van der Waals surface area contributed by atoms with Gasteiger partial charge in [-0.1, -0.05) is 245 Å². The molecule has 0 rings (SSSR count). The third-order valence-corrected chi connectivity index (χ3v) is 11.4. The van der Waals surface area contributed by atoms with Crippen LogP contribution in [-0.2, 0) is 28.6 Å². The summed E-state index contributed by atoms with van der Waals surface area (Å²) in [6.45, 7) is 6.63. The Kier molecular flexibility index (Phi) is 44.8. The summed E-state index contributed by atoms with van der Waals surface area (Å²) in [5, 5.41) is 0. The fourth-order valence-corrected chi connectivity index (χ4v) is 7.56. The van der Waals surface area contributed by atoms with Gasteiger partial charge in [0.2, 0.25) is 0 Å². The summed E-state index contributed by atoms with van der Waals surface area (Å²) >= 11 is 0. The second kappa shape index (κ2) is 46.1.